The second kappa shape index (κ2) is 8.37. The standard InChI is InChI=1S/C16H15IN4O2/c1-11(20-21-16(23)12-4-3-7-18-10-12)8-15(22)19-14-6-2-5-13(17)9-14/h2-7,9-10H,8H2,1H3,(H,19,22)(H,21,23)/b20-11-. The van der Waals surface area contributed by atoms with Gasteiger partial charge in [-0.1, -0.05) is 6.07 Å². The number of halogens is 1. The van der Waals surface area contributed by atoms with E-state index in [0.29, 0.717) is 11.3 Å². The number of hydrazone groups is 1. The number of pyridine rings is 1. The van der Waals surface area contributed by atoms with Gasteiger partial charge in [0.05, 0.1) is 12.0 Å². The molecule has 23 heavy (non-hydrogen) atoms. The molecule has 0 spiro atoms. The van der Waals surface area contributed by atoms with E-state index in [4.69, 9.17) is 0 Å². The minimum Gasteiger partial charge on any atom is -0.326 e. The lowest BCUT2D eigenvalue weighted by Gasteiger charge is -2.06. The van der Waals surface area contributed by atoms with E-state index < -0.39 is 0 Å². The Kier molecular flexibility index (Phi) is 6.21. The normalized spacial score (nSPS) is 11.0. The Hall–Kier alpha value is -2.29. The zero-order chi connectivity index (χ0) is 16.7. The number of benzene rings is 1. The first-order chi connectivity index (χ1) is 11.0. The van der Waals surface area contributed by atoms with Crippen molar-refractivity contribution in [2.24, 2.45) is 5.10 Å². The van der Waals surface area contributed by atoms with Crippen LogP contribution in [0.1, 0.15) is 23.7 Å². The third kappa shape index (κ3) is 5.78. The predicted octanol–water partition coefficient (Wildman–Crippen LogP) is 2.82. The average Bonchev–Trinajstić information content (AvgIpc) is 2.53. The van der Waals surface area contributed by atoms with Gasteiger partial charge < -0.3 is 5.32 Å². The van der Waals surface area contributed by atoms with E-state index in [2.05, 4.69) is 43.4 Å². The first-order valence-corrected chi connectivity index (χ1v) is 7.91. The Balaban J connectivity index is 1.87. The minimum atomic E-state index is -0.365. The van der Waals surface area contributed by atoms with E-state index in [-0.39, 0.29) is 18.2 Å². The van der Waals surface area contributed by atoms with E-state index in [1.165, 1.54) is 6.20 Å². The number of hydrogen-bond acceptors (Lipinski definition) is 4. The monoisotopic (exact) mass is 422 g/mol. The van der Waals surface area contributed by atoms with E-state index in [0.717, 1.165) is 9.26 Å². The Morgan fingerprint density at radius 3 is 2.78 bits per heavy atom. The van der Waals surface area contributed by atoms with Gasteiger partial charge in [-0.15, -0.1) is 0 Å². The molecule has 2 N–H and O–H groups in total. The maximum absolute atomic E-state index is 11.9. The topological polar surface area (TPSA) is 83.5 Å². The summed E-state index contributed by atoms with van der Waals surface area (Å²) in [5, 5.41) is 6.71. The fourth-order valence-corrected chi connectivity index (χ4v) is 2.29. The Bertz CT molecular complexity index is 732. The summed E-state index contributed by atoms with van der Waals surface area (Å²) in [7, 11) is 0. The molecule has 0 bridgehead atoms. The Morgan fingerprint density at radius 1 is 1.26 bits per heavy atom. The van der Waals surface area contributed by atoms with Gasteiger partial charge in [0.2, 0.25) is 5.91 Å². The summed E-state index contributed by atoms with van der Waals surface area (Å²) in [5.74, 6) is -0.556. The SMILES string of the molecule is C/C(CC(=O)Nc1cccc(I)c1)=N/NC(=O)c1cccnc1. The summed E-state index contributed by atoms with van der Waals surface area (Å²) < 4.78 is 1.04. The van der Waals surface area contributed by atoms with Gasteiger partial charge >= 0.3 is 0 Å². The summed E-state index contributed by atoms with van der Waals surface area (Å²) in [4.78, 5) is 27.6. The van der Waals surface area contributed by atoms with Crippen LogP contribution in [-0.2, 0) is 4.79 Å². The van der Waals surface area contributed by atoms with Crippen LogP contribution in [-0.4, -0.2) is 22.5 Å². The Labute approximate surface area is 147 Å². The number of hydrogen-bond donors (Lipinski definition) is 2. The van der Waals surface area contributed by atoms with Gasteiger partial charge in [-0.2, -0.15) is 5.10 Å². The largest absolute Gasteiger partial charge is 0.326 e. The molecule has 118 valence electrons. The molecule has 0 aliphatic heterocycles. The van der Waals surface area contributed by atoms with Crippen molar-refractivity contribution in [2.75, 3.05) is 5.32 Å². The second-order valence-electron chi connectivity index (χ2n) is 4.77. The highest BCUT2D eigenvalue weighted by Gasteiger charge is 2.07. The molecular formula is C16H15IN4O2. The van der Waals surface area contributed by atoms with Crippen LogP contribution in [0.3, 0.4) is 0 Å². The van der Waals surface area contributed by atoms with Crippen LogP contribution in [0.25, 0.3) is 0 Å². The summed E-state index contributed by atoms with van der Waals surface area (Å²) in [6.07, 6.45) is 3.13. The Morgan fingerprint density at radius 2 is 2.09 bits per heavy atom. The van der Waals surface area contributed by atoms with Crippen molar-refractivity contribution in [3.63, 3.8) is 0 Å². The van der Waals surface area contributed by atoms with Gasteiger partial charge in [0.15, 0.2) is 0 Å². The lowest BCUT2D eigenvalue weighted by Crippen LogP contribution is -2.21. The van der Waals surface area contributed by atoms with Crippen LogP contribution < -0.4 is 10.7 Å². The molecule has 0 fully saturated rings. The van der Waals surface area contributed by atoms with E-state index in [1.54, 1.807) is 25.3 Å². The number of rotatable bonds is 5. The number of anilines is 1. The van der Waals surface area contributed by atoms with Crippen molar-refractivity contribution in [2.45, 2.75) is 13.3 Å². The summed E-state index contributed by atoms with van der Waals surface area (Å²) in [5.41, 5.74) is 4.05. The van der Waals surface area contributed by atoms with Crippen LogP contribution in [0.2, 0.25) is 0 Å². The van der Waals surface area contributed by atoms with Gasteiger partial charge in [0.1, 0.15) is 0 Å². The van der Waals surface area contributed by atoms with Crippen LogP contribution in [0.15, 0.2) is 53.9 Å². The molecule has 0 saturated carbocycles. The number of nitrogens with zero attached hydrogens (tertiary/aromatic N) is 2. The number of amides is 2. The van der Waals surface area contributed by atoms with E-state index >= 15 is 0 Å². The second-order valence-corrected chi connectivity index (χ2v) is 6.01. The minimum absolute atomic E-state index is 0.0960. The quantitative estimate of drug-likeness (QED) is 0.442. The molecule has 0 atom stereocenters. The zero-order valence-corrected chi connectivity index (χ0v) is 14.6. The predicted molar refractivity (Wildman–Crippen MR) is 97.2 cm³/mol. The van der Waals surface area contributed by atoms with E-state index in [1.807, 2.05) is 24.3 Å². The molecule has 0 radical (unpaired) electrons. The molecule has 6 nitrogen and oxygen atoms in total. The van der Waals surface area contributed by atoms with Crippen molar-refractivity contribution in [1.82, 2.24) is 10.4 Å². The highest BCUT2D eigenvalue weighted by molar-refractivity contribution is 14.1. The molecule has 2 rings (SSSR count). The van der Waals surface area contributed by atoms with Crippen LogP contribution in [0, 0.1) is 3.57 Å². The zero-order valence-electron chi connectivity index (χ0n) is 12.4. The van der Waals surface area contributed by atoms with Gasteiger partial charge in [-0.25, -0.2) is 5.43 Å². The molecule has 1 aromatic heterocycles. The highest BCUT2D eigenvalue weighted by atomic mass is 127. The highest BCUT2D eigenvalue weighted by Crippen LogP contribution is 2.12. The number of aromatic nitrogens is 1. The van der Waals surface area contributed by atoms with Crippen LogP contribution in [0.4, 0.5) is 5.69 Å². The molecule has 2 amide bonds. The summed E-state index contributed by atoms with van der Waals surface area (Å²) >= 11 is 2.18. The average molecular weight is 422 g/mol. The molecule has 1 heterocycles. The van der Waals surface area contributed by atoms with Crippen LogP contribution in [0.5, 0.6) is 0 Å². The van der Waals surface area contributed by atoms with Gasteiger partial charge in [-0.05, 0) is 59.8 Å². The van der Waals surface area contributed by atoms with Crippen molar-refractivity contribution >= 4 is 45.8 Å². The molecule has 2 aromatic rings. The molecule has 0 aliphatic carbocycles. The number of carbonyl (C=O) groups excluding carboxylic acids is 2. The fraction of sp³-hybridized carbons (Fsp3) is 0.125. The summed E-state index contributed by atoms with van der Waals surface area (Å²) in [6.45, 7) is 1.68. The van der Waals surface area contributed by atoms with Gasteiger partial charge in [0.25, 0.3) is 5.91 Å². The molecule has 0 saturated heterocycles. The molecule has 1 aromatic carbocycles. The third-order valence-electron chi connectivity index (χ3n) is 2.80. The van der Waals surface area contributed by atoms with Crippen molar-refractivity contribution < 1.29 is 9.59 Å². The lowest BCUT2D eigenvalue weighted by atomic mass is 10.2. The lowest BCUT2D eigenvalue weighted by molar-refractivity contribution is -0.115. The van der Waals surface area contributed by atoms with Crippen molar-refractivity contribution in [3.8, 4) is 0 Å². The first kappa shape index (κ1) is 17.1. The smallest absolute Gasteiger partial charge is 0.272 e. The van der Waals surface area contributed by atoms with E-state index in [9.17, 15) is 9.59 Å². The van der Waals surface area contributed by atoms with Crippen molar-refractivity contribution in [3.05, 3.63) is 57.9 Å². The van der Waals surface area contributed by atoms with Gasteiger partial charge in [-0.3, -0.25) is 14.6 Å². The maximum atomic E-state index is 11.9. The maximum Gasteiger partial charge on any atom is 0.272 e. The molecule has 0 aliphatic rings. The first-order valence-electron chi connectivity index (χ1n) is 6.83. The third-order valence-corrected chi connectivity index (χ3v) is 3.47. The fourth-order valence-electron chi connectivity index (χ4n) is 1.75. The van der Waals surface area contributed by atoms with Crippen molar-refractivity contribution in [1.29, 1.82) is 0 Å². The molecule has 0 unspecified atom stereocenters. The summed E-state index contributed by atoms with van der Waals surface area (Å²) in [6, 6.07) is 10.8. The molecular weight excluding hydrogens is 407 g/mol. The number of carbonyl (C=O) groups is 2. The van der Waals surface area contributed by atoms with Gasteiger partial charge in [0, 0.05) is 27.4 Å². The molecule has 7 heteroatoms. The number of nitrogens with one attached hydrogen (secondary N) is 2. The van der Waals surface area contributed by atoms with Crippen LogP contribution >= 0.6 is 22.6 Å².